The van der Waals surface area contributed by atoms with Crippen molar-refractivity contribution < 1.29 is 24.3 Å². The van der Waals surface area contributed by atoms with Gasteiger partial charge >= 0.3 is 13.6 Å². The molecule has 0 aliphatic heterocycles. The maximum atomic E-state index is 11.0. The normalized spacial score (nSPS) is 11.4. The van der Waals surface area contributed by atoms with Crippen LogP contribution in [0.5, 0.6) is 0 Å². The number of carboxylic acid groups (broad SMARTS) is 1. The predicted molar refractivity (Wildman–Crippen MR) is 56.7 cm³/mol. The number of aromatic carboxylic acids is 1. The van der Waals surface area contributed by atoms with Gasteiger partial charge in [0.2, 0.25) is 0 Å². The summed E-state index contributed by atoms with van der Waals surface area (Å²) in [6.07, 6.45) is 0. The van der Waals surface area contributed by atoms with Gasteiger partial charge in [0.25, 0.3) is 0 Å². The number of carbonyl (C=O) groups is 1. The van der Waals surface area contributed by atoms with Crippen molar-refractivity contribution in [3.8, 4) is 0 Å². The second-order valence-corrected chi connectivity index (χ2v) is 4.83. The number of rotatable bonds is 2. The zero-order valence-corrected chi connectivity index (χ0v) is 9.07. The van der Waals surface area contributed by atoms with Gasteiger partial charge in [0.1, 0.15) is 0 Å². The van der Waals surface area contributed by atoms with Crippen LogP contribution in [0.25, 0.3) is 0 Å². The summed E-state index contributed by atoms with van der Waals surface area (Å²) in [6, 6.07) is 1.97. The monoisotopic (exact) mass is 249 g/mol. The molecular weight excluding hydrogens is 241 g/mol. The molecule has 82 valence electrons. The van der Waals surface area contributed by atoms with Crippen molar-refractivity contribution in [2.45, 2.75) is 4.90 Å². The van der Waals surface area contributed by atoms with E-state index in [2.05, 4.69) is 12.6 Å². The first-order chi connectivity index (χ1) is 6.73. The fourth-order valence-corrected chi connectivity index (χ4v) is 2.08. The van der Waals surface area contributed by atoms with E-state index < -0.39 is 18.9 Å². The molecule has 1 rings (SSSR count). The van der Waals surface area contributed by atoms with E-state index >= 15 is 0 Å². The minimum Gasteiger partial charge on any atom is -0.478 e. The van der Waals surface area contributed by atoms with Gasteiger partial charge in [-0.1, -0.05) is 0 Å². The summed E-state index contributed by atoms with van der Waals surface area (Å²) in [6.45, 7) is 0. The Bertz CT molecular complexity index is 469. The van der Waals surface area contributed by atoms with Crippen LogP contribution in [0.1, 0.15) is 10.4 Å². The third kappa shape index (κ3) is 2.51. The molecular formula is C7H8NO5PS. The van der Waals surface area contributed by atoms with Crippen LogP contribution in [0, 0.1) is 0 Å². The zero-order valence-electron chi connectivity index (χ0n) is 7.28. The topological polar surface area (TPSA) is 121 Å². The van der Waals surface area contributed by atoms with E-state index in [-0.39, 0.29) is 16.1 Å². The Morgan fingerprint density at radius 1 is 1.40 bits per heavy atom. The van der Waals surface area contributed by atoms with Crippen LogP contribution < -0.4 is 11.0 Å². The maximum absolute atomic E-state index is 11.0. The van der Waals surface area contributed by atoms with Crippen LogP contribution in [-0.4, -0.2) is 20.9 Å². The van der Waals surface area contributed by atoms with Gasteiger partial charge in [-0.2, -0.15) is 0 Å². The van der Waals surface area contributed by atoms with Crippen molar-refractivity contribution in [1.82, 2.24) is 0 Å². The van der Waals surface area contributed by atoms with Crippen molar-refractivity contribution in [3.63, 3.8) is 0 Å². The first-order valence-electron chi connectivity index (χ1n) is 3.65. The predicted octanol–water partition coefficient (Wildman–Crippen LogP) is 0.0587. The molecule has 0 amide bonds. The maximum Gasteiger partial charge on any atom is 0.358 e. The van der Waals surface area contributed by atoms with Crippen LogP contribution in [-0.2, 0) is 4.57 Å². The first-order valence-corrected chi connectivity index (χ1v) is 5.71. The van der Waals surface area contributed by atoms with Gasteiger partial charge in [-0.25, -0.2) is 4.79 Å². The number of nitrogens with two attached hydrogens (primary N) is 1. The van der Waals surface area contributed by atoms with Gasteiger partial charge < -0.3 is 20.6 Å². The van der Waals surface area contributed by atoms with E-state index in [1.54, 1.807) is 0 Å². The quantitative estimate of drug-likeness (QED) is 0.287. The average Bonchev–Trinajstić information content (AvgIpc) is 2.06. The fourth-order valence-electron chi connectivity index (χ4n) is 0.987. The number of anilines is 1. The molecule has 5 N–H and O–H groups in total. The smallest absolute Gasteiger partial charge is 0.358 e. The van der Waals surface area contributed by atoms with Crippen LogP contribution in [0.15, 0.2) is 17.0 Å². The SMILES string of the molecule is Nc1c(S)cc(C(=O)O)cc1P(=O)(O)O. The van der Waals surface area contributed by atoms with Crippen molar-refractivity contribution in [2.75, 3.05) is 5.73 Å². The molecule has 0 saturated heterocycles. The minimum atomic E-state index is -4.59. The molecule has 6 nitrogen and oxygen atoms in total. The van der Waals surface area contributed by atoms with Gasteiger partial charge in [0.15, 0.2) is 0 Å². The summed E-state index contributed by atoms with van der Waals surface area (Å²) < 4.78 is 11.0. The van der Waals surface area contributed by atoms with Crippen LogP contribution >= 0.6 is 20.2 Å². The van der Waals surface area contributed by atoms with E-state index in [1.807, 2.05) is 0 Å². The standard InChI is InChI=1S/C7H8NO5PS/c8-6-4(14(11,12)13)1-3(7(9)10)2-5(6)15/h1-2,15H,8H2,(H,9,10)(H2,11,12,13). The van der Waals surface area contributed by atoms with Gasteiger partial charge in [0.05, 0.1) is 16.6 Å². The number of hydrogen-bond donors (Lipinski definition) is 5. The summed E-state index contributed by atoms with van der Waals surface area (Å²) in [5.41, 5.74) is 4.89. The highest BCUT2D eigenvalue weighted by Gasteiger charge is 2.23. The lowest BCUT2D eigenvalue weighted by Crippen LogP contribution is -2.14. The molecule has 0 bridgehead atoms. The molecule has 8 heteroatoms. The molecule has 1 aromatic carbocycles. The fraction of sp³-hybridized carbons (Fsp3) is 0. The molecule has 0 atom stereocenters. The van der Waals surface area contributed by atoms with Crippen LogP contribution in [0.2, 0.25) is 0 Å². The molecule has 0 heterocycles. The molecule has 0 aliphatic rings. The van der Waals surface area contributed by atoms with E-state index in [0.29, 0.717) is 0 Å². The second-order valence-electron chi connectivity index (χ2n) is 2.78. The molecule has 15 heavy (non-hydrogen) atoms. The van der Waals surface area contributed by atoms with E-state index in [1.165, 1.54) is 0 Å². The minimum absolute atomic E-state index is 0.0215. The van der Waals surface area contributed by atoms with Crippen molar-refractivity contribution in [1.29, 1.82) is 0 Å². The summed E-state index contributed by atoms with van der Waals surface area (Å²) >= 11 is 3.83. The number of benzene rings is 1. The van der Waals surface area contributed by atoms with E-state index in [0.717, 1.165) is 12.1 Å². The van der Waals surface area contributed by atoms with Crippen LogP contribution in [0.3, 0.4) is 0 Å². The molecule has 0 aliphatic carbocycles. The van der Waals surface area contributed by atoms with Crippen molar-refractivity contribution in [2.24, 2.45) is 0 Å². The highest BCUT2D eigenvalue weighted by molar-refractivity contribution is 7.80. The number of carboxylic acids is 1. The van der Waals surface area contributed by atoms with Crippen molar-refractivity contribution >= 4 is 37.2 Å². The lowest BCUT2D eigenvalue weighted by molar-refractivity contribution is 0.0697. The van der Waals surface area contributed by atoms with Gasteiger partial charge in [-0.15, -0.1) is 12.6 Å². The highest BCUT2D eigenvalue weighted by atomic mass is 32.1. The summed E-state index contributed by atoms with van der Waals surface area (Å²) in [5, 5.41) is 8.14. The highest BCUT2D eigenvalue weighted by Crippen LogP contribution is 2.37. The Labute approximate surface area is 90.3 Å². The Balaban J connectivity index is 3.52. The average molecular weight is 249 g/mol. The largest absolute Gasteiger partial charge is 0.478 e. The third-order valence-electron chi connectivity index (χ3n) is 1.70. The van der Waals surface area contributed by atoms with E-state index in [9.17, 15) is 9.36 Å². The number of nitrogen functional groups attached to an aromatic ring is 1. The third-order valence-corrected chi connectivity index (χ3v) is 3.06. The van der Waals surface area contributed by atoms with Gasteiger partial charge in [-0.05, 0) is 12.1 Å². The summed E-state index contributed by atoms with van der Waals surface area (Å²) in [4.78, 5) is 28.4. The van der Waals surface area contributed by atoms with Crippen LogP contribution in [0.4, 0.5) is 5.69 Å². The molecule has 0 aromatic heterocycles. The molecule has 0 radical (unpaired) electrons. The Kier molecular flexibility index (Phi) is 3.11. The Hall–Kier alpha value is -1.01. The zero-order chi connectivity index (χ0) is 11.8. The molecule has 0 spiro atoms. The van der Waals surface area contributed by atoms with Crippen molar-refractivity contribution in [3.05, 3.63) is 17.7 Å². The van der Waals surface area contributed by atoms with E-state index in [4.69, 9.17) is 20.6 Å². The summed E-state index contributed by atoms with van der Waals surface area (Å²) in [5.74, 6) is -1.31. The Morgan fingerprint density at radius 3 is 2.33 bits per heavy atom. The molecule has 0 saturated carbocycles. The lowest BCUT2D eigenvalue weighted by Gasteiger charge is -2.10. The number of hydrogen-bond acceptors (Lipinski definition) is 4. The summed E-state index contributed by atoms with van der Waals surface area (Å²) in [7, 11) is -4.59. The molecule has 0 unspecified atom stereocenters. The lowest BCUT2D eigenvalue weighted by atomic mass is 10.2. The molecule has 0 fully saturated rings. The first kappa shape index (κ1) is 12.1. The Morgan fingerprint density at radius 2 is 1.93 bits per heavy atom. The number of thiol groups is 1. The van der Waals surface area contributed by atoms with Gasteiger partial charge in [0, 0.05) is 4.90 Å². The van der Waals surface area contributed by atoms with Gasteiger partial charge in [-0.3, -0.25) is 4.57 Å². The second kappa shape index (κ2) is 3.86. The molecule has 1 aromatic rings.